The number of hydrogen-bond donors (Lipinski definition) is 2. The molecule has 3 fully saturated rings. The van der Waals surface area contributed by atoms with Gasteiger partial charge < -0.3 is 20.1 Å². The molecule has 0 aromatic carbocycles. The molecule has 1 atom stereocenters. The number of ether oxygens (including phenoxy) is 1. The van der Waals surface area contributed by atoms with Crippen molar-refractivity contribution in [2.24, 2.45) is 10.9 Å². The maximum atomic E-state index is 10.3. The van der Waals surface area contributed by atoms with E-state index < -0.39 is 5.60 Å². The summed E-state index contributed by atoms with van der Waals surface area (Å²) in [5, 5.41) is 13.7. The number of nitrogens with zero attached hydrogens (tertiary/aromatic N) is 3. The Hall–Kier alpha value is -0.120. The third-order valence-electron chi connectivity index (χ3n) is 5.35. The van der Waals surface area contributed by atoms with Crippen LogP contribution in [0.5, 0.6) is 0 Å². The van der Waals surface area contributed by atoms with Crippen molar-refractivity contribution in [2.45, 2.75) is 38.2 Å². The molecule has 0 bridgehead atoms. The molecular weight excluding hydrogens is 419 g/mol. The molecule has 1 unspecified atom stereocenters. The van der Waals surface area contributed by atoms with Crippen molar-refractivity contribution < 1.29 is 9.84 Å². The summed E-state index contributed by atoms with van der Waals surface area (Å²) in [5.41, 5.74) is -0.534. The monoisotopic (exact) mass is 452 g/mol. The molecule has 1 saturated carbocycles. The predicted molar refractivity (Wildman–Crippen MR) is 107 cm³/mol. The van der Waals surface area contributed by atoms with Crippen LogP contribution in [-0.4, -0.2) is 85.5 Å². The van der Waals surface area contributed by atoms with Crippen molar-refractivity contribution in [3.05, 3.63) is 0 Å². The van der Waals surface area contributed by atoms with Crippen LogP contribution in [0.1, 0.15) is 32.6 Å². The van der Waals surface area contributed by atoms with E-state index in [2.05, 4.69) is 22.0 Å². The molecule has 1 aliphatic carbocycles. The molecule has 0 aromatic heterocycles. The fourth-order valence-electron chi connectivity index (χ4n) is 3.71. The molecule has 24 heavy (non-hydrogen) atoms. The fourth-order valence-corrected chi connectivity index (χ4v) is 3.71. The summed E-state index contributed by atoms with van der Waals surface area (Å²) in [7, 11) is 0. The van der Waals surface area contributed by atoms with Gasteiger partial charge in [0.1, 0.15) is 0 Å². The Labute approximate surface area is 163 Å². The molecule has 0 aromatic rings. The van der Waals surface area contributed by atoms with Crippen molar-refractivity contribution in [3.63, 3.8) is 0 Å². The van der Waals surface area contributed by atoms with E-state index in [1.54, 1.807) is 0 Å². The summed E-state index contributed by atoms with van der Waals surface area (Å²) in [6.07, 6.45) is 4.16. The van der Waals surface area contributed by atoms with Crippen molar-refractivity contribution in [1.82, 2.24) is 15.1 Å². The molecule has 0 amide bonds. The Balaban J connectivity index is 0.00000208. The number of aliphatic imine (C=N–C) groups is 1. The van der Waals surface area contributed by atoms with Gasteiger partial charge in [0.15, 0.2) is 5.96 Å². The van der Waals surface area contributed by atoms with Gasteiger partial charge in [0.25, 0.3) is 0 Å². The van der Waals surface area contributed by atoms with Crippen LogP contribution in [0.25, 0.3) is 0 Å². The third kappa shape index (κ3) is 5.44. The zero-order chi connectivity index (χ0) is 16.1. The van der Waals surface area contributed by atoms with Crippen LogP contribution < -0.4 is 5.32 Å². The minimum Gasteiger partial charge on any atom is -0.388 e. The Morgan fingerprint density at radius 2 is 2.04 bits per heavy atom. The lowest BCUT2D eigenvalue weighted by atomic mass is 9.80. The number of rotatable bonds is 5. The lowest BCUT2D eigenvalue weighted by Gasteiger charge is -2.35. The number of likely N-dealkylation sites (tertiary alicyclic amines) is 1. The smallest absolute Gasteiger partial charge is 0.194 e. The molecule has 3 rings (SSSR count). The average Bonchev–Trinajstić information content (AvgIpc) is 2.99. The Kier molecular flexibility index (Phi) is 8.03. The highest BCUT2D eigenvalue weighted by atomic mass is 127. The second-order valence-corrected chi connectivity index (χ2v) is 7.26. The van der Waals surface area contributed by atoms with Gasteiger partial charge in [0, 0.05) is 39.3 Å². The summed E-state index contributed by atoms with van der Waals surface area (Å²) >= 11 is 0. The van der Waals surface area contributed by atoms with Gasteiger partial charge in [-0.15, -0.1) is 24.0 Å². The molecule has 140 valence electrons. The van der Waals surface area contributed by atoms with E-state index in [1.165, 1.54) is 13.0 Å². The van der Waals surface area contributed by atoms with Gasteiger partial charge in [0.05, 0.1) is 25.4 Å². The van der Waals surface area contributed by atoms with Crippen LogP contribution in [-0.2, 0) is 4.74 Å². The van der Waals surface area contributed by atoms with E-state index in [0.717, 1.165) is 71.2 Å². The second kappa shape index (κ2) is 9.54. The van der Waals surface area contributed by atoms with Crippen LogP contribution in [0.15, 0.2) is 4.99 Å². The number of halogens is 1. The SMILES string of the molecule is CCNC(=NCC1(O)CCC1)N1CCC(CN2CCOCC2)C1.I. The highest BCUT2D eigenvalue weighted by molar-refractivity contribution is 14.0. The molecule has 0 spiro atoms. The lowest BCUT2D eigenvalue weighted by Crippen LogP contribution is -2.45. The van der Waals surface area contributed by atoms with E-state index in [0.29, 0.717) is 12.5 Å². The van der Waals surface area contributed by atoms with E-state index in [-0.39, 0.29) is 24.0 Å². The van der Waals surface area contributed by atoms with E-state index >= 15 is 0 Å². The minimum atomic E-state index is -0.534. The summed E-state index contributed by atoms with van der Waals surface area (Å²) in [6.45, 7) is 10.7. The zero-order valence-corrected chi connectivity index (χ0v) is 17.2. The number of guanidine groups is 1. The lowest BCUT2D eigenvalue weighted by molar-refractivity contribution is -0.0237. The minimum absolute atomic E-state index is 0. The molecule has 3 aliphatic rings. The molecule has 2 N–H and O–H groups in total. The highest BCUT2D eigenvalue weighted by Gasteiger charge is 2.34. The molecule has 2 heterocycles. The number of nitrogens with one attached hydrogen (secondary N) is 1. The van der Waals surface area contributed by atoms with Gasteiger partial charge in [0.2, 0.25) is 0 Å². The van der Waals surface area contributed by atoms with Gasteiger partial charge in [-0.3, -0.25) is 9.89 Å². The molecule has 6 nitrogen and oxygen atoms in total. The molecular formula is C17H33IN4O2. The fraction of sp³-hybridized carbons (Fsp3) is 0.941. The largest absolute Gasteiger partial charge is 0.388 e. The maximum absolute atomic E-state index is 10.3. The van der Waals surface area contributed by atoms with Gasteiger partial charge >= 0.3 is 0 Å². The van der Waals surface area contributed by atoms with Gasteiger partial charge in [-0.2, -0.15) is 0 Å². The molecule has 2 aliphatic heterocycles. The van der Waals surface area contributed by atoms with Crippen LogP contribution in [0.2, 0.25) is 0 Å². The molecule has 0 radical (unpaired) electrons. The van der Waals surface area contributed by atoms with E-state index in [4.69, 9.17) is 9.73 Å². The topological polar surface area (TPSA) is 60.3 Å². The first-order valence-electron chi connectivity index (χ1n) is 9.24. The second-order valence-electron chi connectivity index (χ2n) is 7.26. The molecule has 2 saturated heterocycles. The van der Waals surface area contributed by atoms with Crippen LogP contribution in [0.3, 0.4) is 0 Å². The Morgan fingerprint density at radius 3 is 2.67 bits per heavy atom. The van der Waals surface area contributed by atoms with Crippen molar-refractivity contribution in [1.29, 1.82) is 0 Å². The highest BCUT2D eigenvalue weighted by Crippen LogP contribution is 2.31. The Morgan fingerprint density at radius 1 is 1.29 bits per heavy atom. The first kappa shape index (κ1) is 20.2. The summed E-state index contributed by atoms with van der Waals surface area (Å²) < 4.78 is 5.43. The van der Waals surface area contributed by atoms with Gasteiger partial charge in [-0.05, 0) is 38.5 Å². The van der Waals surface area contributed by atoms with Crippen molar-refractivity contribution >= 4 is 29.9 Å². The van der Waals surface area contributed by atoms with Crippen LogP contribution in [0, 0.1) is 5.92 Å². The standard InChI is InChI=1S/C17H32N4O2.HI/c1-2-18-16(19-14-17(22)5-3-6-17)21-7-4-15(13-21)12-20-8-10-23-11-9-20;/h15,22H,2-14H2,1H3,(H,18,19);1H. The van der Waals surface area contributed by atoms with Crippen molar-refractivity contribution in [3.8, 4) is 0 Å². The van der Waals surface area contributed by atoms with E-state index in [1.807, 2.05) is 0 Å². The average molecular weight is 452 g/mol. The zero-order valence-electron chi connectivity index (χ0n) is 14.9. The van der Waals surface area contributed by atoms with E-state index in [9.17, 15) is 5.11 Å². The molecule has 7 heteroatoms. The predicted octanol–water partition coefficient (Wildman–Crippen LogP) is 1.14. The number of morpholine rings is 1. The maximum Gasteiger partial charge on any atom is 0.194 e. The summed E-state index contributed by atoms with van der Waals surface area (Å²) in [5.74, 6) is 1.70. The normalized spacial score (nSPS) is 27.5. The van der Waals surface area contributed by atoms with Crippen LogP contribution >= 0.6 is 24.0 Å². The first-order chi connectivity index (χ1) is 11.2. The first-order valence-corrected chi connectivity index (χ1v) is 9.24. The third-order valence-corrected chi connectivity index (χ3v) is 5.35. The summed E-state index contributed by atoms with van der Waals surface area (Å²) in [6, 6.07) is 0. The van der Waals surface area contributed by atoms with Gasteiger partial charge in [-0.1, -0.05) is 0 Å². The summed E-state index contributed by atoms with van der Waals surface area (Å²) in [4.78, 5) is 9.62. The number of hydrogen-bond acceptors (Lipinski definition) is 4. The Bertz CT molecular complexity index is 411. The quantitative estimate of drug-likeness (QED) is 0.372. The van der Waals surface area contributed by atoms with Gasteiger partial charge in [-0.25, -0.2) is 0 Å². The van der Waals surface area contributed by atoms with Crippen LogP contribution in [0.4, 0.5) is 0 Å². The van der Waals surface area contributed by atoms with Crippen molar-refractivity contribution in [2.75, 3.05) is 59.0 Å². The number of aliphatic hydroxyl groups is 1.